The Morgan fingerprint density at radius 2 is 1.84 bits per heavy atom. The van der Waals surface area contributed by atoms with Gasteiger partial charge in [-0.05, 0) is 62.4 Å². The fraction of sp³-hybridized carbons (Fsp3) is 0.143. The number of anilines is 1. The van der Waals surface area contributed by atoms with Crippen molar-refractivity contribution in [3.8, 4) is 0 Å². The first-order valence-corrected chi connectivity index (χ1v) is 10.8. The van der Waals surface area contributed by atoms with E-state index in [9.17, 15) is 14.9 Å². The second-order valence-electron chi connectivity index (χ2n) is 6.74. The van der Waals surface area contributed by atoms with Crippen LogP contribution in [0.3, 0.4) is 0 Å². The van der Waals surface area contributed by atoms with E-state index in [0.29, 0.717) is 11.3 Å². The maximum atomic E-state index is 12.4. The van der Waals surface area contributed by atoms with E-state index < -0.39 is 4.92 Å². The molecule has 1 aliphatic heterocycles. The molecule has 4 rings (SSSR count). The van der Waals surface area contributed by atoms with Crippen molar-refractivity contribution >= 4 is 62.9 Å². The number of halogens is 1. The molecule has 0 aliphatic carbocycles. The van der Waals surface area contributed by atoms with Crippen LogP contribution in [0.1, 0.15) is 20.8 Å². The zero-order valence-corrected chi connectivity index (χ0v) is 19.4. The lowest BCUT2D eigenvalue weighted by Gasteiger charge is -2.34. The Morgan fingerprint density at radius 1 is 1.16 bits per heavy atom. The minimum Gasteiger partial charge on any atom is -0.294 e. The van der Waals surface area contributed by atoms with Gasteiger partial charge in [0.15, 0.2) is 10.1 Å². The van der Waals surface area contributed by atoms with Gasteiger partial charge in [0.2, 0.25) is 0 Å². The lowest BCUT2D eigenvalue weighted by molar-refractivity contribution is -0.384. The standard InChI is InChI=1S/C21H18N4O3S2.ClH/c1-12-19(14(3)26)13(2)24(15-8-10-16(11-9-15)25(27)28)23-20(12)30-21-22-17-6-4-5-7-18(17)29-21;/h4-11,23H,1-3H3;1H. The minimum atomic E-state index is -0.435. The van der Waals surface area contributed by atoms with Gasteiger partial charge in [-0.2, -0.15) is 0 Å². The Labute approximate surface area is 193 Å². The number of allylic oxidation sites excluding steroid dienone is 3. The van der Waals surface area contributed by atoms with Crippen molar-refractivity contribution in [2.75, 3.05) is 5.01 Å². The molecule has 2 aromatic carbocycles. The van der Waals surface area contributed by atoms with Gasteiger partial charge in [-0.15, -0.1) is 23.7 Å². The number of carbonyl (C=O) groups is 1. The van der Waals surface area contributed by atoms with Gasteiger partial charge in [0, 0.05) is 23.4 Å². The summed E-state index contributed by atoms with van der Waals surface area (Å²) in [6, 6.07) is 14.2. The van der Waals surface area contributed by atoms with Crippen molar-refractivity contribution < 1.29 is 9.72 Å². The summed E-state index contributed by atoms with van der Waals surface area (Å²) in [7, 11) is 0. The van der Waals surface area contributed by atoms with Crippen LogP contribution in [-0.2, 0) is 4.79 Å². The first-order chi connectivity index (χ1) is 14.3. The number of Topliss-reactive ketones (excluding diaryl/α,β-unsaturated/α-hetero) is 1. The molecule has 3 aromatic rings. The van der Waals surface area contributed by atoms with Crippen LogP contribution in [0, 0.1) is 10.1 Å². The number of para-hydroxylation sites is 1. The molecule has 31 heavy (non-hydrogen) atoms. The second-order valence-corrected chi connectivity index (χ2v) is 9.03. The molecule has 1 N–H and O–H groups in total. The summed E-state index contributed by atoms with van der Waals surface area (Å²) >= 11 is 3.06. The Bertz CT molecular complexity index is 1200. The Kier molecular flexibility index (Phi) is 6.68. The SMILES string of the molecule is CC(=O)C1=C(C)N(c2ccc([N+](=O)[O-])cc2)NC(Sc2nc3ccccc3s2)=C1C.Cl. The van der Waals surface area contributed by atoms with Gasteiger partial charge < -0.3 is 0 Å². The highest BCUT2D eigenvalue weighted by Crippen LogP contribution is 2.39. The van der Waals surface area contributed by atoms with Crippen molar-refractivity contribution in [2.24, 2.45) is 0 Å². The van der Waals surface area contributed by atoms with Gasteiger partial charge in [0.25, 0.3) is 5.69 Å². The highest BCUT2D eigenvalue weighted by Gasteiger charge is 2.27. The molecule has 7 nitrogen and oxygen atoms in total. The molecule has 0 atom stereocenters. The number of fused-ring (bicyclic) bond motifs is 1. The van der Waals surface area contributed by atoms with E-state index >= 15 is 0 Å². The summed E-state index contributed by atoms with van der Waals surface area (Å²) in [5.74, 6) is -0.0409. The average Bonchev–Trinajstić information content (AvgIpc) is 3.12. The van der Waals surface area contributed by atoms with Gasteiger partial charge in [-0.3, -0.25) is 25.3 Å². The van der Waals surface area contributed by atoms with Crippen LogP contribution in [0.4, 0.5) is 11.4 Å². The van der Waals surface area contributed by atoms with E-state index in [1.165, 1.54) is 23.9 Å². The number of nitro benzene ring substituents is 1. The Hall–Kier alpha value is -2.88. The lowest BCUT2D eigenvalue weighted by atomic mass is 10.0. The van der Waals surface area contributed by atoms with Gasteiger partial charge in [0.1, 0.15) is 0 Å². The molecule has 0 amide bonds. The Morgan fingerprint density at radius 3 is 2.45 bits per heavy atom. The molecule has 10 heteroatoms. The van der Waals surface area contributed by atoms with Crippen LogP contribution in [0.5, 0.6) is 0 Å². The first kappa shape index (κ1) is 22.8. The lowest BCUT2D eigenvalue weighted by Crippen LogP contribution is -2.40. The number of nitrogens with one attached hydrogen (secondary N) is 1. The van der Waals surface area contributed by atoms with Crippen LogP contribution in [0.2, 0.25) is 0 Å². The quantitative estimate of drug-likeness (QED) is 0.367. The molecular weight excluding hydrogens is 456 g/mol. The van der Waals surface area contributed by atoms with Crippen LogP contribution in [0.15, 0.2) is 74.7 Å². The molecule has 0 unspecified atom stereocenters. The summed E-state index contributed by atoms with van der Waals surface area (Å²) in [6.07, 6.45) is 0. The second kappa shape index (κ2) is 9.09. The maximum absolute atomic E-state index is 12.4. The predicted molar refractivity (Wildman–Crippen MR) is 128 cm³/mol. The number of hydrazine groups is 1. The van der Waals surface area contributed by atoms with Gasteiger partial charge in [-0.1, -0.05) is 12.1 Å². The van der Waals surface area contributed by atoms with E-state index in [2.05, 4.69) is 10.4 Å². The number of nitro groups is 1. The van der Waals surface area contributed by atoms with Crippen molar-refractivity contribution in [3.63, 3.8) is 0 Å². The largest absolute Gasteiger partial charge is 0.294 e. The summed E-state index contributed by atoms with van der Waals surface area (Å²) in [4.78, 5) is 27.6. The fourth-order valence-corrected chi connectivity index (χ4v) is 5.44. The van der Waals surface area contributed by atoms with Crippen molar-refractivity contribution in [2.45, 2.75) is 25.1 Å². The van der Waals surface area contributed by atoms with Gasteiger partial charge >= 0.3 is 0 Å². The molecule has 0 bridgehead atoms. The monoisotopic (exact) mass is 474 g/mol. The van der Waals surface area contributed by atoms with Crippen molar-refractivity contribution in [1.29, 1.82) is 0 Å². The number of thioether (sulfide) groups is 1. The third-order valence-corrected chi connectivity index (χ3v) is 6.96. The maximum Gasteiger partial charge on any atom is 0.269 e. The van der Waals surface area contributed by atoms with E-state index in [4.69, 9.17) is 0 Å². The van der Waals surface area contributed by atoms with Crippen LogP contribution >= 0.6 is 35.5 Å². The van der Waals surface area contributed by atoms with Gasteiger partial charge in [0.05, 0.1) is 25.9 Å². The van der Waals surface area contributed by atoms with Crippen molar-refractivity contribution in [3.05, 3.63) is 80.5 Å². The molecule has 0 fully saturated rings. The molecular formula is C21H19ClN4O3S2. The predicted octanol–water partition coefficient (Wildman–Crippen LogP) is 5.84. The third-order valence-electron chi connectivity index (χ3n) is 4.76. The number of nitrogens with zero attached hydrogens (tertiary/aromatic N) is 3. The molecule has 2 heterocycles. The first-order valence-electron chi connectivity index (χ1n) is 9.13. The number of non-ortho nitro benzene ring substituents is 1. The number of carbonyl (C=O) groups excluding carboxylic acids is 1. The Balaban J connectivity index is 0.00000272. The van der Waals surface area contributed by atoms with Crippen molar-refractivity contribution in [1.82, 2.24) is 10.4 Å². The molecule has 1 aliphatic rings. The summed E-state index contributed by atoms with van der Waals surface area (Å²) < 4.78 is 1.96. The molecule has 1 aromatic heterocycles. The van der Waals surface area contributed by atoms with Crippen LogP contribution in [-0.4, -0.2) is 15.7 Å². The number of hydrogen-bond acceptors (Lipinski definition) is 8. The van der Waals surface area contributed by atoms with Crippen LogP contribution < -0.4 is 10.4 Å². The zero-order chi connectivity index (χ0) is 21.4. The van der Waals surface area contributed by atoms with E-state index in [-0.39, 0.29) is 23.9 Å². The average molecular weight is 475 g/mol. The number of ketones is 1. The molecule has 160 valence electrons. The highest BCUT2D eigenvalue weighted by atomic mass is 35.5. The smallest absolute Gasteiger partial charge is 0.269 e. The number of aromatic nitrogens is 1. The fourth-order valence-electron chi connectivity index (χ4n) is 3.35. The third kappa shape index (κ3) is 4.43. The number of hydrogen-bond donors (Lipinski definition) is 1. The minimum absolute atomic E-state index is 0. The van der Waals surface area contributed by atoms with E-state index in [0.717, 1.165) is 30.9 Å². The highest BCUT2D eigenvalue weighted by molar-refractivity contribution is 8.04. The van der Waals surface area contributed by atoms with Crippen LogP contribution in [0.25, 0.3) is 10.2 Å². The number of benzene rings is 2. The molecule has 0 radical (unpaired) electrons. The number of rotatable bonds is 5. The summed E-state index contributed by atoms with van der Waals surface area (Å²) in [6.45, 7) is 5.31. The summed E-state index contributed by atoms with van der Waals surface area (Å²) in [5, 5.41) is 13.5. The molecule has 0 saturated heterocycles. The number of thiazole rings is 1. The molecule has 0 spiro atoms. The van der Waals surface area contributed by atoms with Gasteiger partial charge in [-0.25, -0.2) is 4.98 Å². The molecule has 0 saturated carbocycles. The normalized spacial score (nSPS) is 13.8. The topological polar surface area (TPSA) is 88.4 Å². The van der Waals surface area contributed by atoms with E-state index in [1.54, 1.807) is 35.4 Å². The van der Waals surface area contributed by atoms with E-state index in [1.807, 2.05) is 38.1 Å². The zero-order valence-electron chi connectivity index (χ0n) is 16.9. The summed E-state index contributed by atoms with van der Waals surface area (Å²) in [5.41, 5.74) is 7.22.